The van der Waals surface area contributed by atoms with E-state index in [1.807, 2.05) is 0 Å². The van der Waals surface area contributed by atoms with Crippen LogP contribution in [-0.2, 0) is 11.4 Å². The van der Waals surface area contributed by atoms with Gasteiger partial charge in [0.1, 0.15) is 5.02 Å². The van der Waals surface area contributed by atoms with Gasteiger partial charge in [0.2, 0.25) is 0 Å². The predicted octanol–water partition coefficient (Wildman–Crippen LogP) is 2.15. The Kier molecular flexibility index (Phi) is 3.13. The lowest BCUT2D eigenvalue weighted by Gasteiger charge is -2.04. The van der Waals surface area contributed by atoms with E-state index in [1.54, 1.807) is 0 Å². The third kappa shape index (κ3) is 1.93. The largest absolute Gasteiger partial charge is 0.300 e. The lowest BCUT2D eigenvalue weighted by atomic mass is 10.2. The Morgan fingerprint density at radius 2 is 1.92 bits per heavy atom. The van der Waals surface area contributed by atoms with Crippen LogP contribution in [0.25, 0.3) is 0 Å². The molecule has 1 rings (SSSR count). The molecule has 72 valence electrons. The van der Waals surface area contributed by atoms with E-state index >= 15 is 0 Å². The van der Waals surface area contributed by atoms with E-state index in [9.17, 15) is 13.2 Å². The van der Waals surface area contributed by atoms with E-state index in [-0.39, 0.29) is 12.2 Å². The van der Waals surface area contributed by atoms with Gasteiger partial charge in [-0.2, -0.15) is 0 Å². The van der Waals surface area contributed by atoms with Crippen molar-refractivity contribution in [3.63, 3.8) is 0 Å². The number of benzene rings is 1. The summed E-state index contributed by atoms with van der Waals surface area (Å²) >= 11 is 5.14. The lowest BCUT2D eigenvalue weighted by Crippen LogP contribution is -2.03. The summed E-state index contributed by atoms with van der Waals surface area (Å²) in [4.78, 5) is 4.07. The van der Waals surface area contributed by atoms with Crippen LogP contribution in [0.5, 0.6) is 0 Å². The SMILES string of the molecule is NOCc1cc(F)c(F)c(Cl)c1F. The second kappa shape index (κ2) is 3.95. The van der Waals surface area contributed by atoms with E-state index in [2.05, 4.69) is 10.7 Å². The predicted molar refractivity (Wildman–Crippen MR) is 40.3 cm³/mol. The molecule has 0 bridgehead atoms. The molecular weight excluding hydrogens is 207 g/mol. The minimum Gasteiger partial charge on any atom is -0.300 e. The van der Waals surface area contributed by atoms with Crippen LogP contribution in [0, 0.1) is 17.5 Å². The summed E-state index contributed by atoms with van der Waals surface area (Å²) in [7, 11) is 0. The molecule has 0 atom stereocenters. The molecule has 0 amide bonds. The first kappa shape index (κ1) is 10.3. The van der Waals surface area contributed by atoms with Crippen LogP contribution in [0.15, 0.2) is 6.07 Å². The molecule has 0 fully saturated rings. The second-order valence-electron chi connectivity index (χ2n) is 2.27. The molecule has 0 aliphatic heterocycles. The maximum atomic E-state index is 13.0. The average Bonchev–Trinajstić information content (AvgIpc) is 2.11. The van der Waals surface area contributed by atoms with Crippen LogP contribution >= 0.6 is 11.6 Å². The summed E-state index contributed by atoms with van der Waals surface area (Å²) in [5.41, 5.74) is -0.230. The molecule has 13 heavy (non-hydrogen) atoms. The minimum atomic E-state index is -1.42. The molecule has 0 radical (unpaired) electrons. The number of hydrogen-bond acceptors (Lipinski definition) is 2. The maximum absolute atomic E-state index is 13.0. The van der Waals surface area contributed by atoms with E-state index in [0.29, 0.717) is 6.07 Å². The Hall–Kier alpha value is -0.780. The zero-order valence-electron chi connectivity index (χ0n) is 6.28. The van der Waals surface area contributed by atoms with Gasteiger partial charge in [0, 0.05) is 5.56 Å². The zero-order valence-corrected chi connectivity index (χ0v) is 7.04. The summed E-state index contributed by atoms with van der Waals surface area (Å²) in [6, 6.07) is 0.642. The lowest BCUT2D eigenvalue weighted by molar-refractivity contribution is 0.121. The Labute approximate surface area is 77.0 Å². The third-order valence-electron chi connectivity index (χ3n) is 1.42. The van der Waals surface area contributed by atoms with E-state index in [4.69, 9.17) is 11.6 Å². The van der Waals surface area contributed by atoms with Gasteiger partial charge in [0.15, 0.2) is 17.5 Å². The van der Waals surface area contributed by atoms with Gasteiger partial charge in [-0.1, -0.05) is 11.6 Å². The van der Waals surface area contributed by atoms with Gasteiger partial charge in [0.25, 0.3) is 0 Å². The number of hydrogen-bond donors (Lipinski definition) is 1. The van der Waals surface area contributed by atoms with Crippen molar-refractivity contribution in [3.05, 3.63) is 34.1 Å². The molecule has 2 N–H and O–H groups in total. The second-order valence-corrected chi connectivity index (χ2v) is 2.65. The fraction of sp³-hybridized carbons (Fsp3) is 0.143. The van der Waals surface area contributed by atoms with Crippen LogP contribution in [-0.4, -0.2) is 0 Å². The van der Waals surface area contributed by atoms with Crippen molar-refractivity contribution in [2.24, 2.45) is 5.90 Å². The minimum absolute atomic E-state index is 0.230. The Morgan fingerprint density at radius 1 is 1.31 bits per heavy atom. The first-order chi connectivity index (χ1) is 6.07. The molecule has 0 aromatic heterocycles. The molecule has 0 heterocycles. The number of nitrogens with two attached hydrogens (primary N) is 1. The molecule has 0 saturated carbocycles. The monoisotopic (exact) mass is 211 g/mol. The van der Waals surface area contributed by atoms with Crippen molar-refractivity contribution in [1.82, 2.24) is 0 Å². The fourth-order valence-corrected chi connectivity index (χ4v) is 1.03. The summed E-state index contributed by atoms with van der Waals surface area (Å²) < 4.78 is 38.2. The van der Waals surface area contributed by atoms with Gasteiger partial charge in [0.05, 0.1) is 6.61 Å². The maximum Gasteiger partial charge on any atom is 0.180 e. The summed E-state index contributed by atoms with van der Waals surface area (Å²) in [6.07, 6.45) is 0. The van der Waals surface area contributed by atoms with Crippen molar-refractivity contribution < 1.29 is 18.0 Å². The molecule has 6 heteroatoms. The van der Waals surface area contributed by atoms with Gasteiger partial charge < -0.3 is 0 Å². The van der Waals surface area contributed by atoms with Gasteiger partial charge in [-0.05, 0) is 6.07 Å². The number of rotatable bonds is 2. The highest BCUT2D eigenvalue weighted by Crippen LogP contribution is 2.24. The highest BCUT2D eigenvalue weighted by molar-refractivity contribution is 6.30. The quantitative estimate of drug-likeness (QED) is 0.462. The zero-order chi connectivity index (χ0) is 10.0. The van der Waals surface area contributed by atoms with Crippen molar-refractivity contribution >= 4 is 11.6 Å². The van der Waals surface area contributed by atoms with Crippen LogP contribution in [0.4, 0.5) is 13.2 Å². The van der Waals surface area contributed by atoms with E-state index in [0.717, 1.165) is 0 Å². The average molecular weight is 212 g/mol. The standard InChI is InChI=1S/C7H5ClF3NO/c8-5-6(10)3(2-13-12)1-4(9)7(5)11/h1H,2,12H2. The summed E-state index contributed by atoms with van der Waals surface area (Å²) in [5.74, 6) is 0.924. The topological polar surface area (TPSA) is 35.2 Å². The van der Waals surface area contributed by atoms with E-state index in [1.165, 1.54) is 0 Å². The Balaban J connectivity index is 3.24. The van der Waals surface area contributed by atoms with Crippen LogP contribution in [0.1, 0.15) is 5.56 Å². The van der Waals surface area contributed by atoms with Gasteiger partial charge in [-0.3, -0.25) is 4.84 Å². The van der Waals surface area contributed by atoms with Gasteiger partial charge in [-0.25, -0.2) is 19.1 Å². The molecule has 0 unspecified atom stereocenters. The highest BCUT2D eigenvalue weighted by Gasteiger charge is 2.16. The van der Waals surface area contributed by atoms with Crippen molar-refractivity contribution in [3.8, 4) is 0 Å². The Bertz CT molecular complexity index is 332. The molecule has 0 spiro atoms. The molecule has 0 aliphatic carbocycles. The van der Waals surface area contributed by atoms with Crippen molar-refractivity contribution in [2.75, 3.05) is 0 Å². The summed E-state index contributed by atoms with van der Waals surface area (Å²) in [6.45, 7) is -0.372. The first-order valence-electron chi connectivity index (χ1n) is 3.21. The molecule has 1 aromatic carbocycles. The smallest absolute Gasteiger partial charge is 0.180 e. The number of halogens is 4. The highest BCUT2D eigenvalue weighted by atomic mass is 35.5. The van der Waals surface area contributed by atoms with Crippen LogP contribution < -0.4 is 5.90 Å². The fourth-order valence-electron chi connectivity index (χ4n) is 0.817. The van der Waals surface area contributed by atoms with Crippen molar-refractivity contribution in [1.29, 1.82) is 0 Å². The van der Waals surface area contributed by atoms with Crippen LogP contribution in [0.3, 0.4) is 0 Å². The summed E-state index contributed by atoms with van der Waals surface area (Å²) in [5, 5.41) is -0.896. The molecular formula is C7H5ClF3NO. The molecule has 1 aromatic rings. The molecule has 0 aliphatic rings. The van der Waals surface area contributed by atoms with E-state index < -0.39 is 22.5 Å². The third-order valence-corrected chi connectivity index (χ3v) is 1.75. The van der Waals surface area contributed by atoms with Gasteiger partial charge in [-0.15, -0.1) is 0 Å². The van der Waals surface area contributed by atoms with Crippen molar-refractivity contribution in [2.45, 2.75) is 6.61 Å². The van der Waals surface area contributed by atoms with Gasteiger partial charge >= 0.3 is 0 Å². The first-order valence-corrected chi connectivity index (χ1v) is 3.59. The Morgan fingerprint density at radius 3 is 2.46 bits per heavy atom. The van der Waals surface area contributed by atoms with Crippen LogP contribution in [0.2, 0.25) is 5.02 Å². The molecule has 2 nitrogen and oxygen atoms in total. The molecule has 0 saturated heterocycles. The normalized spacial score (nSPS) is 10.5.